The molecule has 0 amide bonds. The van der Waals surface area contributed by atoms with Gasteiger partial charge in [0.1, 0.15) is 18.3 Å². The Balaban J connectivity index is 0.997. The molecular weight excluding hydrogens is 508 g/mol. The van der Waals surface area contributed by atoms with Gasteiger partial charge in [0.15, 0.2) is 11.8 Å². The molecule has 6 heterocycles. The van der Waals surface area contributed by atoms with Crippen molar-refractivity contribution >= 4 is 28.5 Å². The van der Waals surface area contributed by atoms with Crippen LogP contribution in [-0.4, -0.2) is 67.5 Å². The van der Waals surface area contributed by atoms with Crippen molar-refractivity contribution in [2.75, 3.05) is 18.1 Å². The van der Waals surface area contributed by atoms with Gasteiger partial charge in [0.2, 0.25) is 0 Å². The van der Waals surface area contributed by atoms with Crippen LogP contribution in [0.4, 0.5) is 5.69 Å². The molecule has 0 spiro atoms. The van der Waals surface area contributed by atoms with Crippen LogP contribution in [0.25, 0.3) is 22.4 Å². The number of aromatic nitrogens is 5. The number of anilines is 1. The fourth-order valence-corrected chi connectivity index (χ4v) is 6.02. The Hall–Kier alpha value is -3.18. The number of pyridine rings is 1. The number of halogens is 1. The van der Waals surface area contributed by atoms with Crippen molar-refractivity contribution in [1.29, 1.82) is 0 Å². The Bertz CT molecular complexity index is 1520. The maximum Gasteiger partial charge on any atom is 0.296 e. The first-order valence-corrected chi connectivity index (χ1v) is 13.5. The normalized spacial score (nSPS) is 26.3. The Morgan fingerprint density at radius 3 is 2.76 bits per heavy atom. The number of aliphatic hydroxyl groups excluding tert-OH is 1. The lowest BCUT2D eigenvalue weighted by molar-refractivity contribution is 0.00706. The zero-order valence-corrected chi connectivity index (χ0v) is 21.3. The van der Waals surface area contributed by atoms with E-state index in [1.807, 2.05) is 12.3 Å². The third-order valence-corrected chi connectivity index (χ3v) is 8.31. The third-order valence-electron chi connectivity index (χ3n) is 8.02. The van der Waals surface area contributed by atoms with E-state index >= 15 is 0 Å². The van der Waals surface area contributed by atoms with Crippen LogP contribution >= 0.6 is 11.6 Å². The number of fused-ring (bicyclic) bond motifs is 3. The first-order chi connectivity index (χ1) is 18.6. The minimum absolute atomic E-state index is 0.248. The number of benzene rings is 1. The standard InChI is InChI=1S/C27H27ClN6O4/c28-18-7-19-26(32-27(30-19)38-22-13-37-24-21(35)12-36-25(22)24)31-23(18)15-3-5-17(6-4-15)33-10-16-8-29-34(20(16)11-33)9-14-1-2-14/h3-8,14,21-22,24-25,35H,1-2,9-13H2,(H,30,31,32)/t21-,22-,24-,25-/m1/s1. The van der Waals surface area contributed by atoms with Gasteiger partial charge in [-0.1, -0.05) is 23.7 Å². The summed E-state index contributed by atoms with van der Waals surface area (Å²) in [7, 11) is 0. The SMILES string of the molecule is O[C@@H]1CO[C@H]2[C@@H]1OC[C@H]2Oc1nc2nc(-c3ccc(N4Cc5cnn(CC6CC6)c5C4)cc3)c(Cl)cc2[nH]1. The second-order valence-electron chi connectivity index (χ2n) is 10.7. The number of rotatable bonds is 6. The minimum atomic E-state index is -0.628. The van der Waals surface area contributed by atoms with E-state index in [9.17, 15) is 5.11 Å². The average molecular weight is 535 g/mol. The van der Waals surface area contributed by atoms with Crippen molar-refractivity contribution in [2.45, 2.75) is 56.9 Å². The fraction of sp³-hybridized carbons (Fsp3) is 0.444. The summed E-state index contributed by atoms with van der Waals surface area (Å²) < 4.78 is 19.5. The quantitative estimate of drug-likeness (QED) is 0.388. The minimum Gasteiger partial charge on any atom is -0.456 e. The molecule has 11 heteroatoms. The van der Waals surface area contributed by atoms with Gasteiger partial charge in [-0.2, -0.15) is 10.1 Å². The first-order valence-electron chi connectivity index (χ1n) is 13.1. The van der Waals surface area contributed by atoms with Gasteiger partial charge in [-0.3, -0.25) is 4.68 Å². The largest absolute Gasteiger partial charge is 0.456 e. The van der Waals surface area contributed by atoms with Gasteiger partial charge in [-0.05, 0) is 37.0 Å². The van der Waals surface area contributed by atoms with E-state index in [0.29, 0.717) is 34.5 Å². The van der Waals surface area contributed by atoms with E-state index in [4.69, 9.17) is 30.8 Å². The first kappa shape index (κ1) is 22.8. The number of H-pyrrole nitrogens is 1. The molecule has 8 rings (SSSR count). The summed E-state index contributed by atoms with van der Waals surface area (Å²) in [6, 6.07) is 10.5. The number of aliphatic hydroxyl groups is 1. The second-order valence-corrected chi connectivity index (χ2v) is 11.1. The van der Waals surface area contributed by atoms with Gasteiger partial charge >= 0.3 is 0 Å². The van der Waals surface area contributed by atoms with Crippen molar-refractivity contribution < 1.29 is 19.3 Å². The summed E-state index contributed by atoms with van der Waals surface area (Å²) >= 11 is 6.64. The van der Waals surface area contributed by atoms with Crippen LogP contribution in [0, 0.1) is 5.92 Å². The molecule has 38 heavy (non-hydrogen) atoms. The molecule has 4 aromatic rings. The predicted molar refractivity (Wildman–Crippen MR) is 139 cm³/mol. The Morgan fingerprint density at radius 1 is 1.08 bits per heavy atom. The lowest BCUT2D eigenvalue weighted by Gasteiger charge is -2.19. The zero-order valence-electron chi connectivity index (χ0n) is 20.6. The molecule has 3 aliphatic heterocycles. The van der Waals surface area contributed by atoms with E-state index in [1.54, 1.807) is 0 Å². The number of imidazole rings is 1. The molecule has 4 aliphatic rings. The van der Waals surface area contributed by atoms with Gasteiger partial charge in [-0.25, -0.2) is 4.98 Å². The van der Waals surface area contributed by atoms with Crippen LogP contribution in [0.1, 0.15) is 24.1 Å². The van der Waals surface area contributed by atoms with E-state index in [0.717, 1.165) is 36.8 Å². The van der Waals surface area contributed by atoms with E-state index in [1.165, 1.54) is 24.1 Å². The number of ether oxygens (including phenoxy) is 3. The highest BCUT2D eigenvalue weighted by molar-refractivity contribution is 6.33. The predicted octanol–water partition coefficient (Wildman–Crippen LogP) is 3.31. The van der Waals surface area contributed by atoms with Crippen LogP contribution in [-0.2, 0) is 29.1 Å². The van der Waals surface area contributed by atoms with Gasteiger partial charge in [0.25, 0.3) is 6.01 Å². The van der Waals surface area contributed by atoms with Gasteiger partial charge in [0, 0.05) is 29.9 Å². The summed E-state index contributed by atoms with van der Waals surface area (Å²) in [5, 5.41) is 15.1. The van der Waals surface area contributed by atoms with Crippen LogP contribution < -0.4 is 9.64 Å². The molecule has 0 unspecified atom stereocenters. The molecule has 1 aliphatic carbocycles. The number of nitrogens with zero attached hydrogens (tertiary/aromatic N) is 5. The highest BCUT2D eigenvalue weighted by atomic mass is 35.5. The molecule has 0 radical (unpaired) electrons. The summed E-state index contributed by atoms with van der Waals surface area (Å²) in [5.41, 5.74) is 6.60. The van der Waals surface area contributed by atoms with E-state index < -0.39 is 6.10 Å². The maximum absolute atomic E-state index is 9.96. The average Bonchev–Trinajstić information content (AvgIpc) is 3.30. The molecule has 3 aromatic heterocycles. The molecule has 3 fully saturated rings. The van der Waals surface area contributed by atoms with Crippen LogP contribution in [0.3, 0.4) is 0 Å². The zero-order chi connectivity index (χ0) is 25.4. The second kappa shape index (κ2) is 8.67. The summed E-state index contributed by atoms with van der Waals surface area (Å²) in [4.78, 5) is 14.8. The molecule has 196 valence electrons. The van der Waals surface area contributed by atoms with Crippen LogP contribution in [0.2, 0.25) is 5.02 Å². The van der Waals surface area contributed by atoms with Crippen LogP contribution in [0.15, 0.2) is 36.5 Å². The number of nitrogens with one attached hydrogen (secondary N) is 1. The van der Waals surface area contributed by atoms with Crippen molar-refractivity contribution in [3.8, 4) is 17.3 Å². The summed E-state index contributed by atoms with van der Waals surface area (Å²) in [6.45, 7) is 3.37. The van der Waals surface area contributed by atoms with Gasteiger partial charge in [0.05, 0.1) is 47.9 Å². The van der Waals surface area contributed by atoms with Crippen molar-refractivity contribution in [3.63, 3.8) is 0 Å². The van der Waals surface area contributed by atoms with Crippen molar-refractivity contribution in [1.82, 2.24) is 24.7 Å². The number of hydrogen-bond donors (Lipinski definition) is 2. The molecule has 4 atom stereocenters. The Morgan fingerprint density at radius 2 is 1.92 bits per heavy atom. The molecule has 1 aromatic carbocycles. The maximum atomic E-state index is 9.96. The highest BCUT2D eigenvalue weighted by Crippen LogP contribution is 2.36. The van der Waals surface area contributed by atoms with Gasteiger partial charge < -0.3 is 29.2 Å². The fourth-order valence-electron chi connectivity index (χ4n) is 5.76. The number of aromatic amines is 1. The summed E-state index contributed by atoms with van der Waals surface area (Å²) in [6.07, 6.45) is 3.01. The van der Waals surface area contributed by atoms with Crippen molar-refractivity contribution in [3.05, 3.63) is 52.8 Å². The van der Waals surface area contributed by atoms with Crippen LogP contribution in [0.5, 0.6) is 6.01 Å². The lowest BCUT2D eigenvalue weighted by atomic mass is 10.1. The highest BCUT2D eigenvalue weighted by Gasteiger charge is 2.48. The number of hydrogen-bond acceptors (Lipinski definition) is 8. The van der Waals surface area contributed by atoms with E-state index in [2.05, 4.69) is 48.9 Å². The topological polar surface area (TPSA) is 111 Å². The lowest BCUT2D eigenvalue weighted by Crippen LogP contribution is -2.34. The van der Waals surface area contributed by atoms with E-state index in [-0.39, 0.29) is 24.9 Å². The Kier molecular flexibility index (Phi) is 5.20. The molecule has 10 nitrogen and oxygen atoms in total. The third kappa shape index (κ3) is 3.86. The molecular formula is C27H27ClN6O4. The molecule has 2 saturated heterocycles. The molecule has 0 bridgehead atoms. The molecule has 1 saturated carbocycles. The smallest absolute Gasteiger partial charge is 0.296 e. The Labute approximate surface area is 223 Å². The van der Waals surface area contributed by atoms with Gasteiger partial charge in [-0.15, -0.1) is 0 Å². The summed E-state index contributed by atoms with van der Waals surface area (Å²) in [5.74, 6) is 0.804. The van der Waals surface area contributed by atoms with Crippen molar-refractivity contribution in [2.24, 2.45) is 5.92 Å². The monoisotopic (exact) mass is 534 g/mol. The molecule has 2 N–H and O–H groups in total.